The number of rotatable bonds is 1. The van der Waals surface area contributed by atoms with E-state index in [0.717, 1.165) is 52.2 Å². The Morgan fingerprint density at radius 1 is 1.24 bits per heavy atom. The molecule has 6 rings (SSSR count). The Morgan fingerprint density at radius 2 is 2.00 bits per heavy atom. The van der Waals surface area contributed by atoms with Crippen LogP contribution in [0.3, 0.4) is 0 Å². The highest BCUT2D eigenvalue weighted by molar-refractivity contribution is 9.09. The van der Waals surface area contributed by atoms with Crippen molar-refractivity contribution in [3.8, 4) is 0 Å². The highest BCUT2D eigenvalue weighted by Gasteiger charge is 2.82. The zero-order chi connectivity index (χ0) is 11.5. The Morgan fingerprint density at radius 3 is 2.71 bits per heavy atom. The number of nitrogens with two attached hydrogens (primary N) is 1. The van der Waals surface area contributed by atoms with Gasteiger partial charge in [-0.15, -0.1) is 0 Å². The van der Waals surface area contributed by atoms with Crippen LogP contribution in [-0.2, 0) is 0 Å². The third kappa shape index (κ3) is 0.820. The SMILES string of the molecule is NC(=S)NN=C1[C@H]2[C@@H]3C[C@H]4[C@H]2[C@@H]2[C@H](Br)[C@@H]4[C@H]3[C@@H]12. The topological polar surface area (TPSA) is 50.4 Å². The smallest absolute Gasteiger partial charge is 0.184 e. The van der Waals surface area contributed by atoms with E-state index in [2.05, 4.69) is 26.5 Å². The maximum atomic E-state index is 5.49. The number of nitrogens with zero attached hydrogens (tertiary/aromatic N) is 1. The van der Waals surface area contributed by atoms with E-state index in [1.54, 1.807) is 0 Å². The average molecular weight is 312 g/mol. The Hall–Kier alpha value is -0.160. The van der Waals surface area contributed by atoms with E-state index < -0.39 is 0 Å². The number of alkyl halides is 1. The molecule has 6 bridgehead atoms. The molecule has 0 aromatic carbocycles. The Kier molecular flexibility index (Phi) is 1.55. The Balaban J connectivity index is 1.62. The minimum Gasteiger partial charge on any atom is -0.375 e. The average Bonchev–Trinajstić information content (AvgIpc) is 2.97. The molecule has 9 atom stereocenters. The van der Waals surface area contributed by atoms with E-state index in [4.69, 9.17) is 18.0 Å². The molecule has 0 unspecified atom stereocenters. The molecule has 3 nitrogen and oxygen atoms in total. The second-order valence-corrected chi connectivity index (χ2v) is 7.88. The first kappa shape index (κ1) is 9.73. The van der Waals surface area contributed by atoms with E-state index in [1.807, 2.05) is 0 Å². The zero-order valence-electron chi connectivity index (χ0n) is 9.21. The molecule has 17 heavy (non-hydrogen) atoms. The van der Waals surface area contributed by atoms with Crippen LogP contribution in [0.25, 0.3) is 0 Å². The second kappa shape index (κ2) is 2.72. The summed E-state index contributed by atoms with van der Waals surface area (Å²) in [6, 6.07) is 0. The third-order valence-electron chi connectivity index (χ3n) is 6.34. The van der Waals surface area contributed by atoms with Crippen LogP contribution < -0.4 is 11.2 Å². The van der Waals surface area contributed by atoms with Gasteiger partial charge in [0.1, 0.15) is 0 Å². The third-order valence-corrected chi connectivity index (χ3v) is 7.65. The zero-order valence-corrected chi connectivity index (χ0v) is 11.6. The molecular formula is C12H14BrN3S. The molecule has 6 aliphatic carbocycles. The highest BCUT2D eigenvalue weighted by atomic mass is 79.9. The standard InChI is InChI=1S/C12H14BrN3S/c13-10-6-2-1-3-4(6)9-8(10)5(2)7(3)11(9)15-16-12(14)17/h2-10H,1H2,(H3,14,16,17)/t2-,3+,4-,5+,6-,7-,8-,9+,10+/m0/s1. The fraction of sp³-hybridized carbons (Fsp3) is 0.833. The van der Waals surface area contributed by atoms with Crippen molar-refractivity contribution in [2.45, 2.75) is 11.2 Å². The van der Waals surface area contributed by atoms with Crippen molar-refractivity contribution in [3.63, 3.8) is 0 Å². The fourth-order valence-electron chi connectivity index (χ4n) is 6.49. The van der Waals surface area contributed by atoms with Crippen LogP contribution in [0.15, 0.2) is 5.10 Å². The molecule has 0 saturated heterocycles. The summed E-state index contributed by atoms with van der Waals surface area (Å²) >= 11 is 8.82. The number of nitrogens with one attached hydrogen (secondary N) is 1. The van der Waals surface area contributed by atoms with Crippen LogP contribution in [0, 0.1) is 47.3 Å². The molecule has 0 aliphatic heterocycles. The van der Waals surface area contributed by atoms with Gasteiger partial charge in [0.25, 0.3) is 0 Å². The van der Waals surface area contributed by atoms with Crippen molar-refractivity contribution in [2.24, 2.45) is 58.2 Å². The van der Waals surface area contributed by atoms with Crippen LogP contribution in [0.4, 0.5) is 0 Å². The molecular weight excluding hydrogens is 298 g/mol. The van der Waals surface area contributed by atoms with Gasteiger partial charge in [-0.3, -0.25) is 5.43 Å². The predicted octanol–water partition coefficient (Wildman–Crippen LogP) is 1.33. The molecule has 0 amide bonds. The van der Waals surface area contributed by atoms with Gasteiger partial charge in [-0.05, 0) is 54.1 Å². The predicted molar refractivity (Wildman–Crippen MR) is 72.6 cm³/mol. The quantitative estimate of drug-likeness (QED) is 0.436. The Labute approximate surface area is 114 Å². The molecule has 0 radical (unpaired) electrons. The lowest BCUT2D eigenvalue weighted by atomic mass is 9.71. The molecule has 90 valence electrons. The molecule has 0 aromatic rings. The van der Waals surface area contributed by atoms with Gasteiger partial charge in [0.05, 0.1) is 0 Å². The van der Waals surface area contributed by atoms with Crippen molar-refractivity contribution in [2.75, 3.05) is 0 Å². The van der Waals surface area contributed by atoms with Crippen LogP contribution in [-0.4, -0.2) is 15.7 Å². The summed E-state index contributed by atoms with van der Waals surface area (Å²) in [7, 11) is 0. The largest absolute Gasteiger partial charge is 0.375 e. The fourth-order valence-corrected chi connectivity index (χ4v) is 7.97. The number of halogens is 1. The van der Waals surface area contributed by atoms with Gasteiger partial charge in [0.2, 0.25) is 0 Å². The number of hydrazone groups is 1. The first-order valence-corrected chi connectivity index (χ1v) is 7.79. The summed E-state index contributed by atoms with van der Waals surface area (Å²) in [6.07, 6.45) is 1.46. The normalized spacial score (nSPS) is 65.7. The minimum atomic E-state index is 0.297. The lowest BCUT2D eigenvalue weighted by molar-refractivity contribution is 0.132. The van der Waals surface area contributed by atoms with Crippen molar-refractivity contribution >= 4 is 39.0 Å². The van der Waals surface area contributed by atoms with E-state index in [9.17, 15) is 0 Å². The first-order valence-electron chi connectivity index (χ1n) is 6.47. The summed E-state index contributed by atoms with van der Waals surface area (Å²) < 4.78 is 0. The molecule has 6 fully saturated rings. The lowest BCUT2D eigenvalue weighted by Crippen LogP contribution is -2.30. The summed E-state index contributed by atoms with van der Waals surface area (Å²) in [6.45, 7) is 0. The van der Waals surface area contributed by atoms with Crippen molar-refractivity contribution < 1.29 is 0 Å². The van der Waals surface area contributed by atoms with Gasteiger partial charge in [-0.1, -0.05) is 15.9 Å². The van der Waals surface area contributed by atoms with Gasteiger partial charge in [-0.2, -0.15) is 5.10 Å². The molecule has 6 aliphatic rings. The molecule has 0 heterocycles. The maximum absolute atomic E-state index is 5.49. The van der Waals surface area contributed by atoms with Gasteiger partial charge in [0, 0.05) is 22.4 Å². The van der Waals surface area contributed by atoms with E-state index in [1.165, 1.54) is 12.1 Å². The molecule has 5 heteroatoms. The molecule has 0 spiro atoms. The van der Waals surface area contributed by atoms with Crippen LogP contribution in [0.5, 0.6) is 0 Å². The second-order valence-electron chi connectivity index (χ2n) is 6.38. The van der Waals surface area contributed by atoms with Crippen LogP contribution in [0.2, 0.25) is 0 Å². The molecule has 6 saturated carbocycles. The molecule has 0 aromatic heterocycles. The van der Waals surface area contributed by atoms with Gasteiger partial charge in [-0.25, -0.2) is 0 Å². The van der Waals surface area contributed by atoms with Crippen molar-refractivity contribution in [1.29, 1.82) is 0 Å². The van der Waals surface area contributed by atoms with E-state index in [-0.39, 0.29) is 0 Å². The maximum Gasteiger partial charge on any atom is 0.184 e. The lowest BCUT2D eigenvalue weighted by Gasteiger charge is -2.32. The Bertz CT molecular complexity index is 476. The summed E-state index contributed by atoms with van der Waals surface area (Å²) in [5.41, 5.74) is 9.73. The van der Waals surface area contributed by atoms with E-state index >= 15 is 0 Å². The number of thiocarbonyl (C=S) groups is 1. The first-order chi connectivity index (χ1) is 8.20. The summed E-state index contributed by atoms with van der Waals surface area (Å²) in [5, 5.41) is 4.85. The summed E-state index contributed by atoms with van der Waals surface area (Å²) in [5.74, 6) is 7.11. The van der Waals surface area contributed by atoms with Gasteiger partial charge >= 0.3 is 0 Å². The minimum absolute atomic E-state index is 0.297. The molecule has 3 N–H and O–H groups in total. The monoisotopic (exact) mass is 311 g/mol. The van der Waals surface area contributed by atoms with E-state index in [0.29, 0.717) is 5.11 Å². The van der Waals surface area contributed by atoms with Gasteiger partial charge in [0.15, 0.2) is 5.11 Å². The summed E-state index contributed by atoms with van der Waals surface area (Å²) in [4.78, 5) is 0.764. The van der Waals surface area contributed by atoms with Crippen LogP contribution in [0.1, 0.15) is 6.42 Å². The van der Waals surface area contributed by atoms with Crippen molar-refractivity contribution in [3.05, 3.63) is 0 Å². The highest BCUT2D eigenvalue weighted by Crippen LogP contribution is 2.82. The van der Waals surface area contributed by atoms with Crippen LogP contribution >= 0.6 is 28.1 Å². The number of hydrogen-bond acceptors (Lipinski definition) is 2. The van der Waals surface area contributed by atoms with Crippen molar-refractivity contribution in [1.82, 2.24) is 5.43 Å². The van der Waals surface area contributed by atoms with Gasteiger partial charge < -0.3 is 5.73 Å². The number of hydrogen-bond donors (Lipinski definition) is 2.